The minimum atomic E-state index is -1.12. The van der Waals surface area contributed by atoms with Crippen LogP contribution in [0.2, 0.25) is 0 Å². The average Bonchev–Trinajstić information content (AvgIpc) is 2.84. The van der Waals surface area contributed by atoms with E-state index < -0.39 is 10.0 Å². The zero-order valence-electron chi connectivity index (χ0n) is 20.7. The van der Waals surface area contributed by atoms with Crippen LogP contribution in [0.4, 0.5) is 0 Å². The first kappa shape index (κ1) is 23.8. The van der Waals surface area contributed by atoms with Gasteiger partial charge in [0, 0.05) is 10.5 Å². The van der Waals surface area contributed by atoms with E-state index in [0.29, 0.717) is 5.71 Å². The first-order chi connectivity index (χ1) is 16.3. The smallest absolute Gasteiger partial charge is 0.0738 e. The quantitative estimate of drug-likeness (QED) is 0.276. The Kier molecular flexibility index (Phi) is 6.90. The molecule has 0 unspecified atom stereocenters. The Morgan fingerprint density at radius 3 is 1.74 bits per heavy atom. The molecule has 172 valence electrons. The fraction of sp³-hybridized carbons (Fsp3) is 0.156. The molecule has 4 rings (SSSR count). The van der Waals surface area contributed by atoms with Crippen LogP contribution in [0.1, 0.15) is 23.6 Å². The second-order valence-electron chi connectivity index (χ2n) is 9.51. The average molecular weight is 464 g/mol. The van der Waals surface area contributed by atoms with E-state index >= 15 is 0 Å². The summed E-state index contributed by atoms with van der Waals surface area (Å²) in [6.45, 7) is 4.26. The number of nitrogens with one attached hydrogen (secondary N) is 1. The van der Waals surface area contributed by atoms with Crippen molar-refractivity contribution in [3.63, 3.8) is 0 Å². The van der Waals surface area contributed by atoms with E-state index in [4.69, 9.17) is 5.41 Å². The van der Waals surface area contributed by atoms with E-state index in [-0.39, 0.29) is 0 Å². The molecule has 0 aliphatic carbocycles. The molecule has 0 fully saturated rings. The predicted molar refractivity (Wildman–Crippen MR) is 153 cm³/mol. The highest BCUT2D eigenvalue weighted by atomic mass is 32.3. The van der Waals surface area contributed by atoms with Crippen LogP contribution >= 0.6 is 10.0 Å². The molecule has 2 heteroatoms. The summed E-state index contributed by atoms with van der Waals surface area (Å²) in [6.07, 6.45) is 6.84. The van der Waals surface area contributed by atoms with Gasteiger partial charge in [-0.15, -0.1) is 0 Å². The van der Waals surface area contributed by atoms with E-state index in [9.17, 15) is 0 Å². The lowest BCUT2D eigenvalue weighted by atomic mass is 9.96. The maximum atomic E-state index is 9.11. The molecule has 1 N–H and O–H groups in total. The molecule has 0 aliphatic heterocycles. The van der Waals surface area contributed by atoms with Crippen molar-refractivity contribution in [1.82, 2.24) is 0 Å². The Bertz CT molecular complexity index is 1340. The van der Waals surface area contributed by atoms with Gasteiger partial charge in [0.1, 0.15) is 0 Å². The summed E-state index contributed by atoms with van der Waals surface area (Å²) in [5.41, 5.74) is 10.1. The molecule has 34 heavy (non-hydrogen) atoms. The Morgan fingerprint density at radius 2 is 1.15 bits per heavy atom. The SMILES string of the molecule is C/C(=C(\C(=N)c1ccccc1C)S(C)(C)C)c1ccc(-c2cccc(-c3ccccc3)c2)cc1. The number of benzene rings is 4. The number of hydrogen-bond donors (Lipinski definition) is 1. The van der Waals surface area contributed by atoms with E-state index in [1.807, 2.05) is 18.2 Å². The molecule has 0 spiro atoms. The molecule has 0 amide bonds. The summed E-state index contributed by atoms with van der Waals surface area (Å²) < 4.78 is 0. The second kappa shape index (κ2) is 9.87. The van der Waals surface area contributed by atoms with E-state index in [1.165, 1.54) is 38.3 Å². The van der Waals surface area contributed by atoms with Crippen LogP contribution in [-0.4, -0.2) is 24.5 Å². The Balaban J connectivity index is 1.71. The molecule has 0 radical (unpaired) electrons. The summed E-state index contributed by atoms with van der Waals surface area (Å²) in [6, 6.07) is 36.3. The van der Waals surface area contributed by atoms with Crippen molar-refractivity contribution in [2.45, 2.75) is 13.8 Å². The van der Waals surface area contributed by atoms with Crippen LogP contribution in [0.5, 0.6) is 0 Å². The summed E-state index contributed by atoms with van der Waals surface area (Å²) in [5.74, 6) is 0. The minimum absolute atomic E-state index is 0.651. The lowest BCUT2D eigenvalue weighted by Crippen LogP contribution is -2.13. The van der Waals surface area contributed by atoms with Gasteiger partial charge < -0.3 is 0 Å². The van der Waals surface area contributed by atoms with Gasteiger partial charge in [-0.2, -0.15) is 0 Å². The first-order valence-corrected chi connectivity index (χ1v) is 14.4. The van der Waals surface area contributed by atoms with Crippen molar-refractivity contribution < 1.29 is 0 Å². The third-order valence-corrected chi connectivity index (χ3v) is 7.95. The molecular formula is C32H33NS. The third kappa shape index (κ3) is 5.08. The van der Waals surface area contributed by atoms with Crippen LogP contribution in [0.25, 0.3) is 27.8 Å². The van der Waals surface area contributed by atoms with Gasteiger partial charge >= 0.3 is 0 Å². The molecule has 0 atom stereocenters. The molecule has 4 aromatic rings. The number of aryl methyl sites for hydroxylation is 1. The molecule has 0 aromatic heterocycles. The van der Waals surface area contributed by atoms with Crippen molar-refractivity contribution in [1.29, 1.82) is 5.41 Å². The van der Waals surface area contributed by atoms with Gasteiger partial charge in [-0.1, -0.05) is 97.1 Å². The molecule has 0 heterocycles. The maximum absolute atomic E-state index is 9.11. The molecule has 0 saturated carbocycles. The van der Waals surface area contributed by atoms with Crippen molar-refractivity contribution in [2.24, 2.45) is 0 Å². The molecule has 1 nitrogen and oxygen atoms in total. The van der Waals surface area contributed by atoms with Gasteiger partial charge in [-0.25, -0.2) is 10.0 Å². The largest absolute Gasteiger partial charge is 0.299 e. The fourth-order valence-electron chi connectivity index (χ4n) is 4.48. The highest BCUT2D eigenvalue weighted by Gasteiger charge is 2.22. The summed E-state index contributed by atoms with van der Waals surface area (Å²) in [7, 11) is -1.12. The standard InChI is InChI=1S/C32H33NS/c1-23-12-9-10-17-30(23)31(33)32(34(3,4)5)24(2)25-18-20-27(21-19-25)29-16-11-15-28(22-29)26-13-7-6-8-14-26/h6-22,33H,1-5H3/b32-24-,33-31?. The zero-order valence-corrected chi connectivity index (χ0v) is 21.5. The highest BCUT2D eigenvalue weighted by Crippen LogP contribution is 2.49. The third-order valence-electron chi connectivity index (χ3n) is 6.22. The summed E-state index contributed by atoms with van der Waals surface area (Å²) in [5, 5.41) is 9.11. The summed E-state index contributed by atoms with van der Waals surface area (Å²) in [4.78, 5) is 1.17. The van der Waals surface area contributed by atoms with Crippen molar-refractivity contribution in [2.75, 3.05) is 18.8 Å². The monoisotopic (exact) mass is 463 g/mol. The molecule has 0 bridgehead atoms. The highest BCUT2D eigenvalue weighted by molar-refractivity contribution is 8.36. The molecule has 4 aromatic carbocycles. The van der Waals surface area contributed by atoms with Gasteiger partial charge in [0.2, 0.25) is 0 Å². The Labute approximate surface area is 206 Å². The lowest BCUT2D eigenvalue weighted by Gasteiger charge is -2.32. The number of rotatable bonds is 6. The minimum Gasteiger partial charge on any atom is -0.299 e. The van der Waals surface area contributed by atoms with Gasteiger partial charge in [0.25, 0.3) is 0 Å². The zero-order chi connectivity index (χ0) is 24.3. The summed E-state index contributed by atoms with van der Waals surface area (Å²) >= 11 is 0. The topological polar surface area (TPSA) is 23.9 Å². The predicted octanol–water partition coefficient (Wildman–Crippen LogP) is 8.82. The Morgan fingerprint density at radius 1 is 0.618 bits per heavy atom. The second-order valence-corrected chi connectivity index (χ2v) is 13.6. The van der Waals surface area contributed by atoms with E-state index in [0.717, 1.165) is 11.1 Å². The van der Waals surface area contributed by atoms with Crippen LogP contribution in [-0.2, 0) is 0 Å². The van der Waals surface area contributed by atoms with Crippen LogP contribution in [0.15, 0.2) is 108 Å². The van der Waals surface area contributed by atoms with Crippen molar-refractivity contribution in [3.05, 3.63) is 125 Å². The Hall–Kier alpha value is -3.36. The molecule has 0 saturated heterocycles. The normalized spacial score (nSPS) is 12.7. The van der Waals surface area contributed by atoms with Gasteiger partial charge in [-0.05, 0) is 77.6 Å². The van der Waals surface area contributed by atoms with Gasteiger partial charge in [0.15, 0.2) is 0 Å². The molecule has 0 aliphatic rings. The van der Waals surface area contributed by atoms with Gasteiger partial charge in [0.05, 0.1) is 5.71 Å². The van der Waals surface area contributed by atoms with Crippen molar-refractivity contribution in [3.8, 4) is 22.3 Å². The number of allylic oxidation sites excluding steroid dienone is 2. The lowest BCUT2D eigenvalue weighted by molar-refractivity contribution is 1.40. The van der Waals surface area contributed by atoms with E-state index in [1.54, 1.807) is 0 Å². The van der Waals surface area contributed by atoms with Crippen LogP contribution in [0.3, 0.4) is 0 Å². The number of hydrogen-bond acceptors (Lipinski definition) is 1. The van der Waals surface area contributed by atoms with Crippen LogP contribution in [0, 0.1) is 12.3 Å². The van der Waals surface area contributed by atoms with E-state index in [2.05, 4.69) is 118 Å². The van der Waals surface area contributed by atoms with Crippen LogP contribution < -0.4 is 0 Å². The van der Waals surface area contributed by atoms with Gasteiger partial charge in [-0.3, -0.25) is 5.41 Å². The van der Waals surface area contributed by atoms with Crippen molar-refractivity contribution >= 4 is 21.3 Å². The first-order valence-electron chi connectivity index (χ1n) is 11.6. The maximum Gasteiger partial charge on any atom is 0.0738 e. The fourth-order valence-corrected chi connectivity index (χ4v) is 6.24. The molecular weight excluding hydrogens is 430 g/mol.